The third-order valence-electron chi connectivity index (χ3n) is 5.87. The normalized spacial score (nSPS) is 18.9. The zero-order valence-corrected chi connectivity index (χ0v) is 21.1. The highest BCUT2D eigenvalue weighted by atomic mass is 32.2. The van der Waals surface area contributed by atoms with Crippen LogP contribution in [-0.2, 0) is 14.6 Å². The SMILES string of the molecule is CC1(C)CNC(CC2=[NH+]CC(C)(C)CN2)=[NH+]C1.O=C([O-])CS(=O)(=O)c1cccc2ccccc12. The summed E-state index contributed by atoms with van der Waals surface area (Å²) in [6, 6.07) is 11.7. The maximum atomic E-state index is 11.8. The molecule has 4 rings (SSSR count). The Morgan fingerprint density at radius 3 is 1.94 bits per heavy atom. The molecule has 0 bridgehead atoms. The van der Waals surface area contributed by atoms with Gasteiger partial charge in [0.1, 0.15) is 6.42 Å². The number of carbonyl (C=O) groups excluding carboxylic acids is 1. The molecule has 184 valence electrons. The second-order valence-corrected chi connectivity index (χ2v) is 12.4. The third-order valence-corrected chi connectivity index (χ3v) is 7.51. The van der Waals surface area contributed by atoms with E-state index >= 15 is 0 Å². The van der Waals surface area contributed by atoms with E-state index in [1.54, 1.807) is 36.4 Å². The first kappa shape index (κ1) is 25.7. The van der Waals surface area contributed by atoms with Crippen LogP contribution >= 0.6 is 0 Å². The van der Waals surface area contributed by atoms with E-state index in [-0.39, 0.29) is 4.90 Å². The molecule has 2 aromatic rings. The summed E-state index contributed by atoms with van der Waals surface area (Å²) in [5.74, 6) is -0.128. The molecule has 8 nitrogen and oxygen atoms in total. The lowest BCUT2D eigenvalue weighted by molar-refractivity contribution is -0.489. The molecule has 2 aromatic carbocycles. The van der Waals surface area contributed by atoms with Crippen LogP contribution in [0.1, 0.15) is 34.1 Å². The van der Waals surface area contributed by atoms with Crippen molar-refractivity contribution in [1.29, 1.82) is 0 Å². The highest BCUT2D eigenvalue weighted by molar-refractivity contribution is 7.92. The lowest BCUT2D eigenvalue weighted by Gasteiger charge is -2.26. The second kappa shape index (κ2) is 10.1. The number of aliphatic carboxylic acids is 1. The molecule has 0 fully saturated rings. The molecule has 0 unspecified atom stereocenters. The van der Waals surface area contributed by atoms with Crippen LogP contribution < -0.4 is 25.7 Å². The number of nitrogens with one attached hydrogen (secondary N) is 4. The Morgan fingerprint density at radius 2 is 1.44 bits per heavy atom. The van der Waals surface area contributed by atoms with Gasteiger partial charge in [-0.25, -0.2) is 8.42 Å². The Balaban J connectivity index is 0.000000191. The number of rotatable bonds is 5. The third kappa shape index (κ3) is 7.03. The molecular weight excluding hydrogens is 452 g/mol. The van der Waals surface area contributed by atoms with Crippen LogP contribution in [0.5, 0.6) is 0 Å². The maximum absolute atomic E-state index is 11.8. The van der Waals surface area contributed by atoms with E-state index in [2.05, 4.69) is 48.3 Å². The zero-order chi connectivity index (χ0) is 25.0. The minimum absolute atomic E-state index is 0.0276. The van der Waals surface area contributed by atoms with Crippen molar-refractivity contribution in [1.82, 2.24) is 10.6 Å². The first-order valence-electron chi connectivity index (χ1n) is 11.4. The van der Waals surface area contributed by atoms with Gasteiger partial charge in [0.25, 0.3) is 11.7 Å². The van der Waals surface area contributed by atoms with Gasteiger partial charge in [0.15, 0.2) is 9.84 Å². The average Bonchev–Trinajstić information content (AvgIpc) is 2.76. The minimum Gasteiger partial charge on any atom is -0.549 e. The van der Waals surface area contributed by atoms with Gasteiger partial charge in [-0.1, -0.05) is 64.1 Å². The summed E-state index contributed by atoms with van der Waals surface area (Å²) < 4.78 is 23.7. The van der Waals surface area contributed by atoms with Gasteiger partial charge in [-0.05, 0) is 11.5 Å². The topological polar surface area (TPSA) is 126 Å². The molecule has 0 amide bonds. The average molecular weight is 488 g/mol. The number of carboxylic acids is 1. The molecule has 34 heavy (non-hydrogen) atoms. The fourth-order valence-electron chi connectivity index (χ4n) is 3.76. The molecule has 0 spiro atoms. The second-order valence-electron chi connectivity index (χ2n) is 10.5. The maximum Gasteiger partial charge on any atom is 0.254 e. The Labute approximate surface area is 201 Å². The quantitative estimate of drug-likeness (QED) is 0.385. The van der Waals surface area contributed by atoms with Crippen LogP contribution in [-0.4, -0.2) is 58.0 Å². The molecule has 9 heteroatoms. The van der Waals surface area contributed by atoms with Crippen LogP contribution in [0.2, 0.25) is 0 Å². The van der Waals surface area contributed by atoms with Crippen molar-refractivity contribution in [3.05, 3.63) is 42.5 Å². The zero-order valence-electron chi connectivity index (χ0n) is 20.3. The van der Waals surface area contributed by atoms with Crippen molar-refractivity contribution >= 4 is 38.3 Å². The standard InChI is InChI=1S/C13H24N4.C12H10O4S/c1-12(2)6-14-10(15-7-12)5-11-16-8-13(3,4)9-17-11;13-12(14)8-17(15,16)11-7-3-5-9-4-1-2-6-10(9)11/h5-9H2,1-4H3,(H,14,15)(H,16,17);1-7H,8H2,(H,13,14)/p+1. The van der Waals surface area contributed by atoms with E-state index in [0.29, 0.717) is 16.2 Å². The van der Waals surface area contributed by atoms with Gasteiger partial charge in [0, 0.05) is 16.2 Å². The van der Waals surface area contributed by atoms with E-state index in [4.69, 9.17) is 0 Å². The highest BCUT2D eigenvalue weighted by Gasteiger charge is 2.32. The van der Waals surface area contributed by atoms with Crippen LogP contribution in [0.25, 0.3) is 10.8 Å². The number of carboxylic acid groups (broad SMARTS) is 1. The summed E-state index contributed by atoms with van der Waals surface area (Å²) >= 11 is 0. The van der Waals surface area contributed by atoms with Crippen molar-refractivity contribution in [2.45, 2.75) is 39.0 Å². The molecule has 2 aliphatic heterocycles. The molecule has 0 saturated carbocycles. The minimum atomic E-state index is -3.85. The van der Waals surface area contributed by atoms with Crippen molar-refractivity contribution in [3.63, 3.8) is 0 Å². The molecule has 0 saturated heterocycles. The summed E-state index contributed by atoms with van der Waals surface area (Å²) in [7, 11) is -3.85. The van der Waals surface area contributed by atoms with E-state index in [9.17, 15) is 18.3 Å². The number of sulfone groups is 1. The van der Waals surface area contributed by atoms with Gasteiger partial charge >= 0.3 is 0 Å². The van der Waals surface area contributed by atoms with Crippen LogP contribution in [0.3, 0.4) is 0 Å². The van der Waals surface area contributed by atoms with E-state index < -0.39 is 21.6 Å². The van der Waals surface area contributed by atoms with Gasteiger partial charge in [-0.2, -0.15) is 0 Å². The molecule has 0 aliphatic carbocycles. The van der Waals surface area contributed by atoms with Gasteiger partial charge < -0.3 is 9.90 Å². The number of amidine groups is 2. The van der Waals surface area contributed by atoms with E-state index in [1.807, 2.05) is 0 Å². The fraction of sp³-hybridized carbons (Fsp3) is 0.480. The van der Waals surface area contributed by atoms with Crippen molar-refractivity contribution in [2.75, 3.05) is 31.9 Å². The molecular formula is C25H35N4O4S+. The first-order valence-corrected chi connectivity index (χ1v) is 13.1. The summed E-state index contributed by atoms with van der Waals surface area (Å²) in [5, 5.41) is 18.7. The Morgan fingerprint density at radius 1 is 0.912 bits per heavy atom. The van der Waals surface area contributed by atoms with Crippen LogP contribution in [0, 0.1) is 10.8 Å². The summed E-state index contributed by atoms with van der Waals surface area (Å²) in [5.41, 5.74) is 0.702. The van der Waals surface area contributed by atoms with Crippen molar-refractivity contribution in [2.24, 2.45) is 10.8 Å². The summed E-state index contributed by atoms with van der Waals surface area (Å²) in [6.45, 7) is 13.3. The monoisotopic (exact) mass is 487 g/mol. The molecule has 2 heterocycles. The largest absolute Gasteiger partial charge is 0.549 e. The number of benzene rings is 2. The Bertz CT molecular complexity index is 1180. The number of hydrogen-bond donors (Lipinski definition) is 4. The Hall–Kier alpha value is -2.94. The summed E-state index contributed by atoms with van der Waals surface area (Å²) in [6.07, 6.45) is 0.937. The van der Waals surface area contributed by atoms with Crippen molar-refractivity contribution in [3.8, 4) is 0 Å². The van der Waals surface area contributed by atoms with Crippen LogP contribution in [0.15, 0.2) is 47.4 Å². The smallest absolute Gasteiger partial charge is 0.254 e. The molecule has 2 aliphatic rings. The summed E-state index contributed by atoms with van der Waals surface area (Å²) in [4.78, 5) is 17.4. The first-order chi connectivity index (χ1) is 15.9. The van der Waals surface area contributed by atoms with E-state index in [1.165, 1.54) is 17.7 Å². The molecule has 0 atom stereocenters. The number of carbonyl (C=O) groups is 1. The van der Waals surface area contributed by atoms with Gasteiger partial charge in [0.2, 0.25) is 0 Å². The lowest BCUT2D eigenvalue weighted by atomic mass is 9.91. The molecule has 0 aromatic heterocycles. The van der Waals surface area contributed by atoms with Gasteiger partial charge in [-0.3, -0.25) is 20.6 Å². The predicted molar refractivity (Wildman–Crippen MR) is 131 cm³/mol. The number of fused-ring (bicyclic) bond motifs is 1. The molecule has 0 radical (unpaired) electrons. The predicted octanol–water partition coefficient (Wildman–Crippen LogP) is -2.04. The van der Waals surface area contributed by atoms with Gasteiger partial charge in [0.05, 0.1) is 42.8 Å². The van der Waals surface area contributed by atoms with Crippen LogP contribution in [0.4, 0.5) is 0 Å². The lowest BCUT2D eigenvalue weighted by Crippen LogP contribution is -2.87. The van der Waals surface area contributed by atoms with Crippen molar-refractivity contribution < 1.29 is 28.3 Å². The fourth-order valence-corrected chi connectivity index (χ4v) is 5.03. The highest BCUT2D eigenvalue weighted by Crippen LogP contribution is 2.23. The van der Waals surface area contributed by atoms with Gasteiger partial charge in [-0.15, -0.1) is 0 Å². The molecule has 4 N–H and O–H groups in total. The Kier molecular flexibility index (Phi) is 7.65. The van der Waals surface area contributed by atoms with E-state index in [0.717, 1.165) is 38.0 Å². The number of hydrogen-bond acceptors (Lipinski definition) is 6.